The minimum Gasteiger partial charge on any atom is -0.475 e. The monoisotopic (exact) mass is 274 g/mol. The maximum Gasteiger partial charge on any atom is 0.253 e. The van der Waals surface area contributed by atoms with E-state index in [1.807, 2.05) is 13.8 Å². The minimum absolute atomic E-state index is 0.00241. The molecule has 0 aromatic carbocycles. The molecule has 0 saturated heterocycles. The molecule has 4 heteroatoms. The third-order valence-electron chi connectivity index (χ3n) is 3.91. The van der Waals surface area contributed by atoms with Crippen molar-refractivity contribution in [2.75, 3.05) is 0 Å². The predicted molar refractivity (Wildman–Crippen MR) is 76.7 cm³/mol. The molecule has 2 saturated carbocycles. The molecule has 4 nitrogen and oxygen atoms in total. The zero-order valence-corrected chi connectivity index (χ0v) is 12.1. The number of aromatic nitrogens is 1. The number of rotatable bonds is 6. The smallest absolute Gasteiger partial charge is 0.253 e. The van der Waals surface area contributed by atoms with Gasteiger partial charge in [-0.2, -0.15) is 0 Å². The lowest BCUT2D eigenvalue weighted by molar-refractivity contribution is 0.0926. The van der Waals surface area contributed by atoms with E-state index >= 15 is 0 Å². The highest BCUT2D eigenvalue weighted by molar-refractivity contribution is 5.94. The van der Waals surface area contributed by atoms with Gasteiger partial charge in [0.1, 0.15) is 0 Å². The highest BCUT2D eigenvalue weighted by Crippen LogP contribution is 2.44. The van der Waals surface area contributed by atoms with Crippen LogP contribution < -0.4 is 10.1 Å². The normalized spacial score (nSPS) is 18.4. The molecular formula is C16H22N2O2. The van der Waals surface area contributed by atoms with Gasteiger partial charge in [0.05, 0.1) is 11.7 Å². The van der Waals surface area contributed by atoms with Gasteiger partial charge in [0.15, 0.2) is 0 Å². The van der Waals surface area contributed by atoms with Crippen LogP contribution in [0.15, 0.2) is 18.3 Å². The highest BCUT2D eigenvalue weighted by atomic mass is 16.5. The summed E-state index contributed by atoms with van der Waals surface area (Å²) in [5, 5.41) is 3.20. The van der Waals surface area contributed by atoms with Crippen LogP contribution in [0.3, 0.4) is 0 Å². The molecule has 108 valence electrons. The summed E-state index contributed by atoms with van der Waals surface area (Å²) in [6.07, 6.45) is 6.75. The van der Waals surface area contributed by atoms with Gasteiger partial charge in [-0.15, -0.1) is 0 Å². The molecule has 0 bridgehead atoms. The molecule has 2 aliphatic carbocycles. The SMILES string of the molecule is CC(C)Oc1ccc(C(=O)NC(C2CC2)C2CC2)cn1. The number of pyridine rings is 1. The third kappa shape index (κ3) is 3.30. The molecule has 0 aliphatic heterocycles. The average Bonchev–Trinajstić information content (AvgIpc) is 3.28. The van der Waals surface area contributed by atoms with Crippen LogP contribution in [0, 0.1) is 11.8 Å². The fourth-order valence-corrected chi connectivity index (χ4v) is 2.59. The van der Waals surface area contributed by atoms with Crippen molar-refractivity contribution in [1.29, 1.82) is 0 Å². The van der Waals surface area contributed by atoms with E-state index in [9.17, 15) is 4.79 Å². The van der Waals surface area contributed by atoms with Crippen molar-refractivity contribution in [2.24, 2.45) is 11.8 Å². The maximum absolute atomic E-state index is 12.3. The standard InChI is InChI=1S/C16H22N2O2/c1-10(2)20-14-8-7-13(9-17-14)16(19)18-15(11-3-4-11)12-5-6-12/h7-12,15H,3-6H2,1-2H3,(H,18,19). The van der Waals surface area contributed by atoms with Crippen molar-refractivity contribution in [3.8, 4) is 5.88 Å². The van der Waals surface area contributed by atoms with E-state index in [2.05, 4.69) is 10.3 Å². The van der Waals surface area contributed by atoms with Crippen LogP contribution in [0.5, 0.6) is 5.88 Å². The van der Waals surface area contributed by atoms with E-state index in [0.717, 1.165) is 0 Å². The first-order valence-corrected chi connectivity index (χ1v) is 7.57. The highest BCUT2D eigenvalue weighted by Gasteiger charge is 2.42. The maximum atomic E-state index is 12.3. The lowest BCUT2D eigenvalue weighted by Crippen LogP contribution is -2.38. The molecule has 0 spiro atoms. The molecule has 0 atom stereocenters. The molecule has 1 amide bonds. The summed E-state index contributed by atoms with van der Waals surface area (Å²) < 4.78 is 5.48. The Morgan fingerprint density at radius 1 is 1.25 bits per heavy atom. The van der Waals surface area contributed by atoms with Crippen molar-refractivity contribution < 1.29 is 9.53 Å². The summed E-state index contributed by atoms with van der Waals surface area (Å²) in [5.74, 6) is 1.99. The molecule has 0 radical (unpaired) electrons. The topological polar surface area (TPSA) is 51.2 Å². The number of carbonyl (C=O) groups excluding carboxylic acids is 1. The predicted octanol–water partition coefficient (Wildman–Crippen LogP) is 2.79. The van der Waals surface area contributed by atoms with Crippen LogP contribution in [0.25, 0.3) is 0 Å². The van der Waals surface area contributed by atoms with Gasteiger partial charge in [0.25, 0.3) is 5.91 Å². The Labute approximate surface area is 119 Å². The summed E-state index contributed by atoms with van der Waals surface area (Å²) >= 11 is 0. The van der Waals surface area contributed by atoms with Crippen molar-refractivity contribution in [2.45, 2.75) is 51.7 Å². The lowest BCUT2D eigenvalue weighted by atomic mass is 10.1. The van der Waals surface area contributed by atoms with Gasteiger partial charge in [-0.1, -0.05) is 0 Å². The Kier molecular flexibility index (Phi) is 3.64. The van der Waals surface area contributed by atoms with Gasteiger partial charge < -0.3 is 10.1 Å². The second-order valence-electron chi connectivity index (χ2n) is 6.23. The van der Waals surface area contributed by atoms with Crippen LogP contribution in [0.1, 0.15) is 49.9 Å². The summed E-state index contributed by atoms with van der Waals surface area (Å²) in [4.78, 5) is 16.4. The number of amides is 1. The van der Waals surface area contributed by atoms with Gasteiger partial charge in [0, 0.05) is 18.3 Å². The Bertz CT molecular complexity index is 464. The van der Waals surface area contributed by atoms with E-state index in [0.29, 0.717) is 29.3 Å². The second kappa shape index (κ2) is 5.43. The largest absolute Gasteiger partial charge is 0.475 e. The van der Waals surface area contributed by atoms with Gasteiger partial charge >= 0.3 is 0 Å². The summed E-state index contributed by atoms with van der Waals surface area (Å²) in [5.41, 5.74) is 0.618. The van der Waals surface area contributed by atoms with E-state index in [-0.39, 0.29) is 12.0 Å². The van der Waals surface area contributed by atoms with Gasteiger partial charge in [-0.3, -0.25) is 4.79 Å². The first-order chi connectivity index (χ1) is 9.63. The van der Waals surface area contributed by atoms with Crippen LogP contribution in [0.2, 0.25) is 0 Å². The van der Waals surface area contributed by atoms with Crippen LogP contribution in [0.4, 0.5) is 0 Å². The fraction of sp³-hybridized carbons (Fsp3) is 0.625. The molecule has 20 heavy (non-hydrogen) atoms. The molecule has 2 aliphatic rings. The molecule has 1 heterocycles. The van der Waals surface area contributed by atoms with E-state index < -0.39 is 0 Å². The second-order valence-corrected chi connectivity index (χ2v) is 6.23. The zero-order chi connectivity index (χ0) is 14.1. The van der Waals surface area contributed by atoms with E-state index in [1.54, 1.807) is 18.3 Å². The number of nitrogens with one attached hydrogen (secondary N) is 1. The molecule has 2 fully saturated rings. The Morgan fingerprint density at radius 2 is 1.90 bits per heavy atom. The van der Waals surface area contributed by atoms with E-state index in [4.69, 9.17) is 4.74 Å². The van der Waals surface area contributed by atoms with Gasteiger partial charge in [-0.05, 0) is 57.4 Å². The first kappa shape index (κ1) is 13.4. The third-order valence-corrected chi connectivity index (χ3v) is 3.91. The van der Waals surface area contributed by atoms with E-state index in [1.165, 1.54) is 25.7 Å². The molecule has 1 N–H and O–H groups in total. The summed E-state index contributed by atoms with van der Waals surface area (Å²) in [6.45, 7) is 3.91. The Morgan fingerprint density at radius 3 is 2.35 bits per heavy atom. The van der Waals surface area contributed by atoms with Crippen molar-refractivity contribution >= 4 is 5.91 Å². The summed E-state index contributed by atoms with van der Waals surface area (Å²) in [6, 6.07) is 3.93. The number of nitrogens with zero attached hydrogens (tertiary/aromatic N) is 1. The quantitative estimate of drug-likeness (QED) is 0.867. The Balaban J connectivity index is 1.61. The summed E-state index contributed by atoms with van der Waals surface area (Å²) in [7, 11) is 0. The lowest BCUT2D eigenvalue weighted by Gasteiger charge is -2.17. The zero-order valence-electron chi connectivity index (χ0n) is 12.1. The molecule has 3 rings (SSSR count). The van der Waals surface area contributed by atoms with Crippen molar-refractivity contribution in [1.82, 2.24) is 10.3 Å². The fourth-order valence-electron chi connectivity index (χ4n) is 2.59. The van der Waals surface area contributed by atoms with Crippen LogP contribution in [-0.2, 0) is 0 Å². The van der Waals surface area contributed by atoms with Gasteiger partial charge in [-0.25, -0.2) is 4.98 Å². The number of carbonyl (C=O) groups is 1. The van der Waals surface area contributed by atoms with Crippen LogP contribution >= 0.6 is 0 Å². The number of ether oxygens (including phenoxy) is 1. The molecule has 1 aromatic heterocycles. The molecular weight excluding hydrogens is 252 g/mol. The Hall–Kier alpha value is -1.58. The minimum atomic E-state index is -0.00241. The van der Waals surface area contributed by atoms with Crippen molar-refractivity contribution in [3.63, 3.8) is 0 Å². The molecule has 1 aromatic rings. The van der Waals surface area contributed by atoms with Crippen LogP contribution in [-0.4, -0.2) is 23.0 Å². The average molecular weight is 274 g/mol. The molecule has 0 unspecified atom stereocenters. The van der Waals surface area contributed by atoms with Crippen molar-refractivity contribution in [3.05, 3.63) is 23.9 Å². The van der Waals surface area contributed by atoms with Gasteiger partial charge in [0.2, 0.25) is 5.88 Å². The number of hydrogen-bond acceptors (Lipinski definition) is 3. The first-order valence-electron chi connectivity index (χ1n) is 7.57. The number of hydrogen-bond donors (Lipinski definition) is 1.